The minimum Gasteiger partial charge on any atom is -0.496 e. The van der Waals surface area contributed by atoms with Crippen LogP contribution in [0.2, 0.25) is 0 Å². The van der Waals surface area contributed by atoms with Crippen molar-refractivity contribution in [3.8, 4) is 17.1 Å². The summed E-state index contributed by atoms with van der Waals surface area (Å²) in [6.07, 6.45) is 0. The molecule has 0 bridgehead atoms. The van der Waals surface area contributed by atoms with Crippen molar-refractivity contribution in [2.75, 3.05) is 7.11 Å². The van der Waals surface area contributed by atoms with Gasteiger partial charge in [-0.15, -0.1) is 0 Å². The highest BCUT2D eigenvalue weighted by Gasteiger charge is 2.14. The predicted molar refractivity (Wildman–Crippen MR) is 82.1 cm³/mol. The zero-order chi connectivity index (χ0) is 14.7. The maximum atomic E-state index is 5.94. The minimum absolute atomic E-state index is 0.444. The Hall–Kier alpha value is -1.74. The van der Waals surface area contributed by atoms with E-state index in [1.165, 1.54) is 11.1 Å². The lowest BCUT2D eigenvalue weighted by Crippen LogP contribution is -2.21. The van der Waals surface area contributed by atoms with Gasteiger partial charge in [0.1, 0.15) is 17.3 Å². The topological polar surface area (TPSA) is 34.4 Å². The van der Waals surface area contributed by atoms with Crippen LogP contribution in [0.25, 0.3) is 11.3 Å². The molecular formula is C17H23NO2. The molecule has 20 heavy (non-hydrogen) atoms. The van der Waals surface area contributed by atoms with Gasteiger partial charge in [-0.05, 0) is 43.2 Å². The van der Waals surface area contributed by atoms with Crippen molar-refractivity contribution in [1.29, 1.82) is 0 Å². The Bertz CT molecular complexity index is 585. The maximum Gasteiger partial charge on any atom is 0.138 e. The third-order valence-electron chi connectivity index (χ3n) is 3.26. The predicted octanol–water partition coefficient (Wildman–Crippen LogP) is 4.07. The van der Waals surface area contributed by atoms with Gasteiger partial charge in [0.15, 0.2) is 0 Å². The molecule has 1 aromatic heterocycles. The number of furan rings is 1. The maximum absolute atomic E-state index is 5.94. The second kappa shape index (κ2) is 6.14. The first-order chi connectivity index (χ1) is 9.51. The van der Waals surface area contributed by atoms with Crippen molar-refractivity contribution in [1.82, 2.24) is 5.32 Å². The zero-order valence-corrected chi connectivity index (χ0v) is 12.9. The average molecular weight is 273 g/mol. The average Bonchev–Trinajstić information content (AvgIpc) is 2.83. The van der Waals surface area contributed by atoms with Gasteiger partial charge in [0, 0.05) is 6.04 Å². The van der Waals surface area contributed by atoms with E-state index in [-0.39, 0.29) is 0 Å². The summed E-state index contributed by atoms with van der Waals surface area (Å²) in [5.41, 5.74) is 3.39. The lowest BCUT2D eigenvalue weighted by molar-refractivity contribution is 0.412. The lowest BCUT2D eigenvalue weighted by Gasteiger charge is -2.11. The van der Waals surface area contributed by atoms with Gasteiger partial charge in [-0.1, -0.05) is 19.9 Å². The fourth-order valence-electron chi connectivity index (χ4n) is 2.32. The first-order valence-electron chi connectivity index (χ1n) is 6.99. The van der Waals surface area contributed by atoms with Crippen molar-refractivity contribution in [3.05, 3.63) is 41.2 Å². The molecule has 0 aliphatic heterocycles. The molecule has 0 spiro atoms. The Morgan fingerprint density at radius 1 is 1.20 bits per heavy atom. The fraction of sp³-hybridized carbons (Fsp3) is 0.412. The van der Waals surface area contributed by atoms with E-state index in [1.54, 1.807) is 7.11 Å². The van der Waals surface area contributed by atoms with Gasteiger partial charge >= 0.3 is 0 Å². The van der Waals surface area contributed by atoms with Crippen LogP contribution in [0.1, 0.15) is 30.7 Å². The number of benzene rings is 1. The lowest BCUT2D eigenvalue weighted by atomic mass is 10.0. The van der Waals surface area contributed by atoms with Crippen molar-refractivity contribution in [3.63, 3.8) is 0 Å². The smallest absolute Gasteiger partial charge is 0.138 e. The van der Waals surface area contributed by atoms with Crippen LogP contribution in [0.4, 0.5) is 0 Å². The molecule has 1 aromatic carbocycles. The minimum atomic E-state index is 0.444. The highest BCUT2D eigenvalue weighted by Crippen LogP contribution is 2.35. The molecule has 0 atom stereocenters. The van der Waals surface area contributed by atoms with Gasteiger partial charge < -0.3 is 14.5 Å². The molecule has 0 amide bonds. The Labute approximate surface area is 121 Å². The highest BCUT2D eigenvalue weighted by atomic mass is 16.5. The normalized spacial score (nSPS) is 11.1. The van der Waals surface area contributed by atoms with E-state index in [1.807, 2.05) is 18.2 Å². The molecule has 108 valence electrons. The van der Waals surface area contributed by atoms with Gasteiger partial charge in [0.25, 0.3) is 0 Å². The number of rotatable bonds is 5. The van der Waals surface area contributed by atoms with Crippen LogP contribution in [-0.4, -0.2) is 13.2 Å². The molecule has 1 heterocycles. The van der Waals surface area contributed by atoms with Crippen LogP contribution in [-0.2, 0) is 6.54 Å². The molecule has 2 aromatic rings. The number of hydrogen-bond donors (Lipinski definition) is 1. The Kier molecular flexibility index (Phi) is 4.50. The van der Waals surface area contributed by atoms with Crippen molar-refractivity contribution in [2.24, 2.45) is 0 Å². The van der Waals surface area contributed by atoms with E-state index >= 15 is 0 Å². The summed E-state index contributed by atoms with van der Waals surface area (Å²) in [5, 5.41) is 3.35. The quantitative estimate of drug-likeness (QED) is 0.891. The van der Waals surface area contributed by atoms with Crippen LogP contribution in [0, 0.1) is 13.8 Å². The summed E-state index contributed by atoms with van der Waals surface area (Å²) in [6, 6.07) is 8.66. The third kappa shape index (κ3) is 3.23. The number of nitrogens with one attached hydrogen (secondary N) is 1. The number of methoxy groups -OCH3 is 1. The summed E-state index contributed by atoms with van der Waals surface area (Å²) < 4.78 is 11.4. The Morgan fingerprint density at radius 3 is 2.60 bits per heavy atom. The molecule has 1 N–H and O–H groups in total. The molecule has 2 rings (SSSR count). The first-order valence-corrected chi connectivity index (χ1v) is 6.99. The van der Waals surface area contributed by atoms with Gasteiger partial charge in [0.05, 0.1) is 19.2 Å². The fourth-order valence-corrected chi connectivity index (χ4v) is 2.32. The van der Waals surface area contributed by atoms with E-state index in [0.717, 1.165) is 29.4 Å². The number of ether oxygens (including phenoxy) is 1. The molecule has 3 nitrogen and oxygen atoms in total. The van der Waals surface area contributed by atoms with Crippen molar-refractivity contribution >= 4 is 0 Å². The summed E-state index contributed by atoms with van der Waals surface area (Å²) in [6.45, 7) is 9.14. The standard InChI is InChI=1S/C17H23NO2/c1-11(2)18-10-14-6-7-15(20-14)17-13(4)8-12(3)9-16(17)19-5/h6-9,11,18H,10H2,1-5H3. The molecule has 0 aliphatic rings. The SMILES string of the molecule is COc1cc(C)cc(C)c1-c1ccc(CNC(C)C)o1. The monoisotopic (exact) mass is 273 g/mol. The molecular weight excluding hydrogens is 250 g/mol. The summed E-state index contributed by atoms with van der Waals surface area (Å²) in [7, 11) is 1.70. The molecule has 0 radical (unpaired) electrons. The van der Waals surface area contributed by atoms with Crippen LogP contribution >= 0.6 is 0 Å². The number of aryl methyl sites for hydroxylation is 2. The Morgan fingerprint density at radius 2 is 1.95 bits per heavy atom. The van der Waals surface area contributed by atoms with Crippen LogP contribution in [0.15, 0.2) is 28.7 Å². The summed E-state index contributed by atoms with van der Waals surface area (Å²) in [4.78, 5) is 0. The van der Waals surface area contributed by atoms with E-state index in [4.69, 9.17) is 9.15 Å². The van der Waals surface area contributed by atoms with Gasteiger partial charge in [-0.25, -0.2) is 0 Å². The van der Waals surface area contributed by atoms with Crippen molar-refractivity contribution < 1.29 is 9.15 Å². The number of hydrogen-bond acceptors (Lipinski definition) is 3. The molecule has 0 fully saturated rings. The summed E-state index contributed by atoms with van der Waals surface area (Å²) >= 11 is 0. The van der Waals surface area contributed by atoms with Gasteiger partial charge in [0.2, 0.25) is 0 Å². The molecule has 0 saturated carbocycles. The summed E-state index contributed by atoms with van der Waals surface area (Å²) in [5.74, 6) is 2.66. The molecule has 0 aliphatic carbocycles. The third-order valence-corrected chi connectivity index (χ3v) is 3.26. The molecule has 0 unspecified atom stereocenters. The second-order valence-corrected chi connectivity index (χ2v) is 5.46. The largest absolute Gasteiger partial charge is 0.496 e. The van der Waals surface area contributed by atoms with Gasteiger partial charge in [-0.2, -0.15) is 0 Å². The van der Waals surface area contributed by atoms with Crippen LogP contribution in [0.5, 0.6) is 5.75 Å². The Balaban J connectivity index is 2.32. The first kappa shape index (κ1) is 14.7. The van der Waals surface area contributed by atoms with Gasteiger partial charge in [-0.3, -0.25) is 0 Å². The van der Waals surface area contributed by atoms with E-state index < -0.39 is 0 Å². The van der Waals surface area contributed by atoms with Crippen LogP contribution < -0.4 is 10.1 Å². The molecule has 0 saturated heterocycles. The second-order valence-electron chi connectivity index (χ2n) is 5.46. The molecule has 3 heteroatoms. The highest BCUT2D eigenvalue weighted by molar-refractivity contribution is 5.70. The zero-order valence-electron chi connectivity index (χ0n) is 12.9. The van der Waals surface area contributed by atoms with E-state index in [2.05, 4.69) is 39.1 Å². The van der Waals surface area contributed by atoms with E-state index in [9.17, 15) is 0 Å². The van der Waals surface area contributed by atoms with E-state index in [0.29, 0.717) is 6.04 Å². The van der Waals surface area contributed by atoms with Crippen molar-refractivity contribution in [2.45, 2.75) is 40.3 Å². The van der Waals surface area contributed by atoms with Crippen LogP contribution in [0.3, 0.4) is 0 Å².